The number of hydrogen-bond donors (Lipinski definition) is 3. The molecule has 2 atom stereocenters. The Hall–Kier alpha value is -4.19. The number of carbonyl (C=O) groups is 1. The van der Waals surface area contributed by atoms with E-state index in [0.29, 0.717) is 17.9 Å². The van der Waals surface area contributed by atoms with Gasteiger partial charge in [0.05, 0.1) is 31.6 Å². The van der Waals surface area contributed by atoms with E-state index in [1.165, 1.54) is 0 Å². The first kappa shape index (κ1) is 21.4. The van der Waals surface area contributed by atoms with Gasteiger partial charge in [-0.2, -0.15) is 0 Å². The summed E-state index contributed by atoms with van der Waals surface area (Å²) in [4.78, 5) is 17.2. The Bertz CT molecular complexity index is 1470. The number of nitrogens with one attached hydrogen (secondary N) is 3. The van der Waals surface area contributed by atoms with Crippen molar-refractivity contribution in [3.63, 3.8) is 0 Å². The second-order valence-corrected chi connectivity index (χ2v) is 9.07. The standard InChI is InChI=1S/C29H27N3O3/c1-34-26-12-11-17(15-27(26)35-2)18-13-24-28(25(33)14-18)29(32-23-10-6-5-9-22(23)31-24)20-16-30-21-8-4-3-7-19(20)21/h3-12,15-16,18,29-32H,13-14H2,1-2H3/t18-,29+/m1/s1. The lowest BCUT2D eigenvalue weighted by atomic mass is 9.78. The van der Waals surface area contributed by atoms with Crippen molar-refractivity contribution in [1.29, 1.82) is 0 Å². The third kappa shape index (κ3) is 3.62. The zero-order valence-electron chi connectivity index (χ0n) is 19.7. The molecule has 3 aromatic carbocycles. The van der Waals surface area contributed by atoms with Gasteiger partial charge >= 0.3 is 0 Å². The highest BCUT2D eigenvalue weighted by Crippen LogP contribution is 2.46. The summed E-state index contributed by atoms with van der Waals surface area (Å²) in [5, 5.41) is 8.40. The van der Waals surface area contributed by atoms with Crippen molar-refractivity contribution >= 4 is 28.1 Å². The topological polar surface area (TPSA) is 75.4 Å². The predicted molar refractivity (Wildman–Crippen MR) is 138 cm³/mol. The number of ketones is 1. The molecule has 1 aliphatic carbocycles. The van der Waals surface area contributed by atoms with E-state index < -0.39 is 0 Å². The summed E-state index contributed by atoms with van der Waals surface area (Å²) >= 11 is 0. The van der Waals surface area contributed by atoms with Gasteiger partial charge in [0.25, 0.3) is 0 Å². The number of allylic oxidation sites excluding steroid dienone is 1. The number of Topliss-reactive ketones (excluding diaryl/α,β-unsaturated/α-hetero) is 1. The van der Waals surface area contributed by atoms with Crippen LogP contribution in [0.4, 0.5) is 11.4 Å². The molecule has 35 heavy (non-hydrogen) atoms. The lowest BCUT2D eigenvalue weighted by Crippen LogP contribution is -2.26. The highest BCUT2D eigenvalue weighted by molar-refractivity contribution is 6.02. The Morgan fingerprint density at radius 1 is 0.857 bits per heavy atom. The number of ether oxygens (including phenoxy) is 2. The van der Waals surface area contributed by atoms with E-state index in [1.54, 1.807) is 14.2 Å². The van der Waals surface area contributed by atoms with Gasteiger partial charge in [-0.05, 0) is 48.2 Å². The van der Waals surface area contributed by atoms with Gasteiger partial charge in [0.2, 0.25) is 0 Å². The molecule has 1 aliphatic heterocycles. The minimum atomic E-state index is -0.254. The van der Waals surface area contributed by atoms with E-state index in [-0.39, 0.29) is 17.7 Å². The highest BCUT2D eigenvalue weighted by atomic mass is 16.5. The van der Waals surface area contributed by atoms with Crippen LogP contribution >= 0.6 is 0 Å². The molecule has 4 aromatic rings. The molecule has 0 spiro atoms. The van der Waals surface area contributed by atoms with Crippen LogP contribution in [0.1, 0.15) is 35.9 Å². The second-order valence-electron chi connectivity index (χ2n) is 9.07. The molecule has 6 nitrogen and oxygen atoms in total. The van der Waals surface area contributed by atoms with E-state index in [1.807, 2.05) is 48.7 Å². The molecule has 0 bridgehead atoms. The van der Waals surface area contributed by atoms with Gasteiger partial charge in [-0.15, -0.1) is 0 Å². The molecule has 6 rings (SSSR count). The van der Waals surface area contributed by atoms with Crippen molar-refractivity contribution in [3.05, 3.63) is 95.3 Å². The molecular formula is C29H27N3O3. The molecule has 0 saturated carbocycles. The van der Waals surface area contributed by atoms with Gasteiger partial charge in [0.1, 0.15) is 0 Å². The molecule has 176 valence electrons. The second kappa shape index (κ2) is 8.55. The van der Waals surface area contributed by atoms with E-state index in [4.69, 9.17) is 9.47 Å². The fourth-order valence-corrected chi connectivity index (χ4v) is 5.40. The van der Waals surface area contributed by atoms with Crippen LogP contribution in [0.15, 0.2) is 84.2 Å². The number of para-hydroxylation sites is 3. The Morgan fingerprint density at radius 2 is 1.63 bits per heavy atom. The molecule has 2 heterocycles. The average Bonchev–Trinajstić information content (AvgIpc) is 3.24. The lowest BCUT2D eigenvalue weighted by molar-refractivity contribution is -0.116. The van der Waals surface area contributed by atoms with E-state index >= 15 is 0 Å². The average molecular weight is 466 g/mol. The number of methoxy groups -OCH3 is 2. The molecule has 0 amide bonds. The number of rotatable bonds is 4. The molecule has 0 fully saturated rings. The van der Waals surface area contributed by atoms with Gasteiger partial charge in [0.15, 0.2) is 17.3 Å². The summed E-state index contributed by atoms with van der Waals surface area (Å²) in [5.74, 6) is 1.55. The third-order valence-electron chi connectivity index (χ3n) is 7.12. The number of hydrogen-bond acceptors (Lipinski definition) is 5. The van der Waals surface area contributed by atoms with E-state index in [9.17, 15) is 4.79 Å². The predicted octanol–water partition coefficient (Wildman–Crippen LogP) is 6.16. The normalized spacial score (nSPS) is 19.3. The fraction of sp³-hybridized carbons (Fsp3) is 0.207. The fourth-order valence-electron chi connectivity index (χ4n) is 5.40. The van der Waals surface area contributed by atoms with Crippen molar-refractivity contribution in [2.24, 2.45) is 0 Å². The Kier molecular flexibility index (Phi) is 5.21. The van der Waals surface area contributed by atoms with E-state index in [0.717, 1.165) is 51.1 Å². The first-order valence-corrected chi connectivity index (χ1v) is 11.8. The number of H-pyrrole nitrogens is 1. The number of benzene rings is 3. The van der Waals surface area contributed by atoms with Crippen LogP contribution in [0.25, 0.3) is 10.9 Å². The summed E-state index contributed by atoms with van der Waals surface area (Å²) in [6.45, 7) is 0. The summed E-state index contributed by atoms with van der Waals surface area (Å²) in [7, 11) is 3.26. The van der Waals surface area contributed by atoms with Crippen LogP contribution in [0.5, 0.6) is 11.5 Å². The molecule has 2 aliphatic rings. The number of anilines is 2. The summed E-state index contributed by atoms with van der Waals surface area (Å²) in [6, 6.07) is 22.0. The number of aromatic amines is 1. The van der Waals surface area contributed by atoms with Gasteiger partial charge in [0, 0.05) is 40.4 Å². The van der Waals surface area contributed by atoms with Gasteiger partial charge in [-0.1, -0.05) is 36.4 Å². The number of aromatic nitrogens is 1. The minimum absolute atomic E-state index is 0.0439. The monoisotopic (exact) mass is 465 g/mol. The SMILES string of the molecule is COc1ccc([C@H]2CC(=O)C3=C(C2)Nc2ccccc2N[C@H]3c2c[nH]c3ccccc23)cc1OC. The molecule has 6 heteroatoms. The molecule has 0 unspecified atom stereocenters. The summed E-state index contributed by atoms with van der Waals surface area (Å²) in [5.41, 5.74) is 6.93. The Morgan fingerprint density at radius 3 is 2.46 bits per heavy atom. The first-order valence-electron chi connectivity index (χ1n) is 11.8. The smallest absolute Gasteiger partial charge is 0.163 e. The number of carbonyl (C=O) groups excluding carboxylic acids is 1. The largest absolute Gasteiger partial charge is 0.493 e. The maximum Gasteiger partial charge on any atom is 0.163 e. The van der Waals surface area contributed by atoms with Gasteiger partial charge < -0.3 is 25.1 Å². The Labute approximate surface area is 204 Å². The zero-order chi connectivity index (χ0) is 23.9. The van der Waals surface area contributed by atoms with Crippen molar-refractivity contribution in [2.75, 3.05) is 24.9 Å². The molecule has 1 aromatic heterocycles. The minimum Gasteiger partial charge on any atom is -0.493 e. The van der Waals surface area contributed by atoms with Crippen LogP contribution in [0.2, 0.25) is 0 Å². The van der Waals surface area contributed by atoms with Crippen LogP contribution in [-0.4, -0.2) is 25.0 Å². The van der Waals surface area contributed by atoms with Crippen molar-refractivity contribution in [1.82, 2.24) is 4.98 Å². The molecule has 0 radical (unpaired) electrons. The van der Waals surface area contributed by atoms with Crippen molar-refractivity contribution in [2.45, 2.75) is 24.8 Å². The van der Waals surface area contributed by atoms with Crippen LogP contribution in [0.3, 0.4) is 0 Å². The molecular weight excluding hydrogens is 438 g/mol. The zero-order valence-corrected chi connectivity index (χ0v) is 19.7. The first-order chi connectivity index (χ1) is 17.2. The van der Waals surface area contributed by atoms with Crippen LogP contribution in [0, 0.1) is 0 Å². The quantitative estimate of drug-likeness (QED) is 0.336. The summed E-state index contributed by atoms with van der Waals surface area (Å²) in [6.07, 6.45) is 3.19. The van der Waals surface area contributed by atoms with Crippen molar-refractivity contribution in [3.8, 4) is 11.5 Å². The van der Waals surface area contributed by atoms with E-state index in [2.05, 4.69) is 39.9 Å². The van der Waals surface area contributed by atoms with Gasteiger partial charge in [-0.25, -0.2) is 0 Å². The lowest BCUT2D eigenvalue weighted by Gasteiger charge is -2.30. The highest BCUT2D eigenvalue weighted by Gasteiger charge is 2.37. The van der Waals surface area contributed by atoms with Crippen molar-refractivity contribution < 1.29 is 14.3 Å². The molecule has 0 saturated heterocycles. The van der Waals surface area contributed by atoms with Crippen LogP contribution in [-0.2, 0) is 4.79 Å². The maximum atomic E-state index is 13.8. The maximum absolute atomic E-state index is 13.8. The molecule has 3 N–H and O–H groups in total. The Balaban J connectivity index is 1.46. The number of fused-ring (bicyclic) bond motifs is 2. The summed E-state index contributed by atoms with van der Waals surface area (Å²) < 4.78 is 10.9. The van der Waals surface area contributed by atoms with Gasteiger partial charge in [-0.3, -0.25) is 4.79 Å². The van der Waals surface area contributed by atoms with Crippen LogP contribution < -0.4 is 20.1 Å². The third-order valence-corrected chi connectivity index (χ3v) is 7.12.